The van der Waals surface area contributed by atoms with Gasteiger partial charge in [0, 0.05) is 18.0 Å². The van der Waals surface area contributed by atoms with Gasteiger partial charge >= 0.3 is 0 Å². The van der Waals surface area contributed by atoms with Gasteiger partial charge in [0.15, 0.2) is 0 Å². The number of thiazole rings is 1. The number of hydrogen-bond acceptors (Lipinski definition) is 4. The zero-order valence-corrected chi connectivity index (χ0v) is 13.3. The van der Waals surface area contributed by atoms with Crippen molar-refractivity contribution in [1.29, 1.82) is 0 Å². The number of para-hydroxylation sites is 1. The third-order valence-corrected chi connectivity index (χ3v) is 5.69. The van der Waals surface area contributed by atoms with Gasteiger partial charge in [-0.15, -0.1) is 11.3 Å². The lowest BCUT2D eigenvalue weighted by Crippen LogP contribution is -2.27. The summed E-state index contributed by atoms with van der Waals surface area (Å²) < 4.78 is 6.18. The van der Waals surface area contributed by atoms with E-state index in [2.05, 4.69) is 31.3 Å². The summed E-state index contributed by atoms with van der Waals surface area (Å²) >= 11 is 1.82. The number of hydrogen-bond donors (Lipinski definition) is 1. The fourth-order valence-electron chi connectivity index (χ4n) is 3.26. The second kappa shape index (κ2) is 4.82. The highest BCUT2D eigenvalue weighted by Gasteiger charge is 2.36. The number of nitrogens with one attached hydrogen (secondary N) is 1. The predicted molar refractivity (Wildman–Crippen MR) is 85.9 cm³/mol. The van der Waals surface area contributed by atoms with Crippen LogP contribution in [0, 0.1) is 0 Å². The van der Waals surface area contributed by atoms with E-state index < -0.39 is 0 Å². The molecule has 0 saturated carbocycles. The number of rotatable bonds is 2. The van der Waals surface area contributed by atoms with Crippen molar-refractivity contribution in [2.24, 2.45) is 0 Å². The molecule has 0 bridgehead atoms. The Kier molecular flexibility index (Phi) is 3.05. The highest BCUT2D eigenvalue weighted by atomic mass is 32.1. The van der Waals surface area contributed by atoms with Crippen molar-refractivity contribution in [3.63, 3.8) is 0 Å². The maximum atomic E-state index is 6.18. The summed E-state index contributed by atoms with van der Waals surface area (Å²) in [5.74, 6) is 0.950. The zero-order valence-electron chi connectivity index (χ0n) is 12.5. The van der Waals surface area contributed by atoms with Crippen LogP contribution in [0.2, 0.25) is 0 Å². The van der Waals surface area contributed by atoms with Gasteiger partial charge in [0.1, 0.15) is 11.4 Å². The van der Waals surface area contributed by atoms with E-state index in [0.29, 0.717) is 6.04 Å². The molecule has 1 saturated heterocycles. The van der Waals surface area contributed by atoms with Crippen LogP contribution >= 0.6 is 11.3 Å². The topological polar surface area (TPSA) is 34.1 Å². The molecule has 1 unspecified atom stereocenters. The third-order valence-electron chi connectivity index (χ3n) is 4.31. The van der Waals surface area contributed by atoms with Gasteiger partial charge < -0.3 is 10.1 Å². The van der Waals surface area contributed by atoms with E-state index in [9.17, 15) is 0 Å². The molecule has 0 amide bonds. The molecule has 110 valence electrons. The van der Waals surface area contributed by atoms with Crippen LogP contribution in [-0.2, 0) is 12.0 Å². The highest BCUT2D eigenvalue weighted by molar-refractivity contribution is 7.12. The minimum atomic E-state index is -0.289. The molecule has 1 fully saturated rings. The molecule has 2 aromatic rings. The van der Waals surface area contributed by atoms with Gasteiger partial charge in [0.2, 0.25) is 0 Å². The van der Waals surface area contributed by atoms with Crippen molar-refractivity contribution in [2.45, 2.75) is 44.8 Å². The molecule has 3 nitrogen and oxygen atoms in total. The summed E-state index contributed by atoms with van der Waals surface area (Å²) in [7, 11) is 0. The van der Waals surface area contributed by atoms with Crippen molar-refractivity contribution < 1.29 is 4.74 Å². The molecule has 0 spiro atoms. The Bertz CT molecular complexity index is 671. The molecule has 1 aromatic heterocycles. The van der Waals surface area contributed by atoms with Crippen LogP contribution in [0.1, 0.15) is 36.6 Å². The van der Waals surface area contributed by atoms with Crippen molar-refractivity contribution in [3.8, 4) is 17.0 Å². The summed E-state index contributed by atoms with van der Waals surface area (Å²) in [6.07, 6.45) is 3.59. The first-order valence-electron chi connectivity index (χ1n) is 7.65. The molecule has 0 radical (unpaired) electrons. The van der Waals surface area contributed by atoms with E-state index >= 15 is 0 Å². The highest BCUT2D eigenvalue weighted by Crippen LogP contribution is 2.47. The lowest BCUT2D eigenvalue weighted by Gasteiger charge is -2.31. The van der Waals surface area contributed by atoms with Gasteiger partial charge in [0.25, 0.3) is 0 Å². The van der Waals surface area contributed by atoms with Crippen LogP contribution in [0.5, 0.6) is 5.75 Å². The number of benzene rings is 1. The number of ether oxygens (including phenoxy) is 1. The molecule has 2 aliphatic heterocycles. The van der Waals surface area contributed by atoms with E-state index in [4.69, 9.17) is 9.72 Å². The Morgan fingerprint density at radius 1 is 1.38 bits per heavy atom. The molecule has 0 aliphatic carbocycles. The maximum Gasteiger partial charge on any atom is 0.140 e. The van der Waals surface area contributed by atoms with E-state index in [1.165, 1.54) is 22.7 Å². The van der Waals surface area contributed by atoms with Crippen molar-refractivity contribution in [2.75, 3.05) is 6.54 Å². The van der Waals surface area contributed by atoms with Crippen LogP contribution < -0.4 is 10.1 Å². The number of aromatic nitrogens is 1. The molecule has 4 rings (SSSR count). The Labute approximate surface area is 129 Å². The van der Waals surface area contributed by atoms with E-state index in [-0.39, 0.29) is 5.60 Å². The Morgan fingerprint density at radius 3 is 3.05 bits per heavy atom. The van der Waals surface area contributed by atoms with Crippen LogP contribution in [0.25, 0.3) is 11.3 Å². The van der Waals surface area contributed by atoms with Gasteiger partial charge in [-0.1, -0.05) is 12.1 Å². The molecule has 1 atom stereocenters. The number of fused-ring (bicyclic) bond motifs is 3. The van der Waals surface area contributed by atoms with Gasteiger partial charge in [-0.2, -0.15) is 0 Å². The average Bonchev–Trinajstić information content (AvgIpc) is 3.09. The summed E-state index contributed by atoms with van der Waals surface area (Å²) in [4.78, 5) is 6.21. The third kappa shape index (κ3) is 2.27. The lowest BCUT2D eigenvalue weighted by atomic mass is 9.97. The van der Waals surface area contributed by atoms with Crippen LogP contribution in [0.3, 0.4) is 0 Å². The SMILES string of the molecule is CC1(C)Oc2ccccc2-c2nc(CC3CCCN3)sc21. The first-order valence-corrected chi connectivity index (χ1v) is 8.47. The summed E-state index contributed by atoms with van der Waals surface area (Å²) in [6, 6.07) is 8.83. The molecule has 1 N–H and O–H groups in total. The minimum Gasteiger partial charge on any atom is -0.482 e. The first-order chi connectivity index (χ1) is 10.1. The predicted octanol–water partition coefficient (Wildman–Crippen LogP) is 3.73. The van der Waals surface area contributed by atoms with E-state index in [1.54, 1.807) is 0 Å². The largest absolute Gasteiger partial charge is 0.482 e. The fraction of sp³-hybridized carbons (Fsp3) is 0.471. The van der Waals surface area contributed by atoms with Crippen molar-refractivity contribution in [3.05, 3.63) is 34.2 Å². The van der Waals surface area contributed by atoms with Crippen molar-refractivity contribution in [1.82, 2.24) is 10.3 Å². The molecule has 4 heteroatoms. The van der Waals surface area contributed by atoms with Crippen LogP contribution in [0.15, 0.2) is 24.3 Å². The Morgan fingerprint density at radius 2 is 2.24 bits per heavy atom. The van der Waals surface area contributed by atoms with Crippen molar-refractivity contribution >= 4 is 11.3 Å². The summed E-state index contributed by atoms with van der Waals surface area (Å²) in [6.45, 7) is 5.42. The Hall–Kier alpha value is -1.39. The lowest BCUT2D eigenvalue weighted by molar-refractivity contribution is 0.109. The fourth-order valence-corrected chi connectivity index (χ4v) is 4.45. The zero-order chi connectivity index (χ0) is 14.4. The normalized spacial score (nSPS) is 22.5. The maximum absolute atomic E-state index is 6.18. The first kappa shape index (κ1) is 13.3. The van der Waals surface area contributed by atoms with Gasteiger partial charge in [0.05, 0.1) is 15.6 Å². The smallest absolute Gasteiger partial charge is 0.140 e. The van der Waals surface area contributed by atoms with Gasteiger partial charge in [-0.3, -0.25) is 0 Å². The second-order valence-corrected chi connectivity index (χ2v) is 7.47. The van der Waals surface area contributed by atoms with E-state index in [0.717, 1.165) is 30.0 Å². The average molecular weight is 300 g/mol. The van der Waals surface area contributed by atoms with Gasteiger partial charge in [-0.25, -0.2) is 4.98 Å². The quantitative estimate of drug-likeness (QED) is 0.917. The molecule has 3 heterocycles. The van der Waals surface area contributed by atoms with Crippen LogP contribution in [0.4, 0.5) is 0 Å². The summed E-state index contributed by atoms with van der Waals surface area (Å²) in [5.41, 5.74) is 1.97. The standard InChI is InChI=1S/C17H20N2OS/c1-17(2)16-15(12-7-3-4-8-13(12)20-17)19-14(21-16)10-11-6-5-9-18-11/h3-4,7-8,11,18H,5-6,9-10H2,1-2H3. The number of nitrogens with zero attached hydrogens (tertiary/aromatic N) is 1. The Balaban J connectivity index is 1.75. The molecular formula is C17H20N2OS. The monoisotopic (exact) mass is 300 g/mol. The molecule has 21 heavy (non-hydrogen) atoms. The van der Waals surface area contributed by atoms with Gasteiger partial charge in [-0.05, 0) is 45.4 Å². The minimum absolute atomic E-state index is 0.289. The van der Waals surface area contributed by atoms with E-state index in [1.807, 2.05) is 23.5 Å². The van der Waals surface area contributed by atoms with Crippen LogP contribution in [-0.4, -0.2) is 17.6 Å². The molecule has 1 aromatic carbocycles. The molecule has 2 aliphatic rings. The molecular weight excluding hydrogens is 280 g/mol. The summed E-state index contributed by atoms with van der Waals surface area (Å²) in [5, 5.41) is 4.79. The second-order valence-electron chi connectivity index (χ2n) is 6.39.